The lowest BCUT2D eigenvalue weighted by atomic mass is 9.91. The quantitative estimate of drug-likeness (QED) is 0.440. The molecule has 92 valence electrons. The lowest BCUT2D eigenvalue weighted by molar-refractivity contribution is -0.140. The van der Waals surface area contributed by atoms with E-state index in [-0.39, 0.29) is 11.9 Å². The van der Waals surface area contributed by atoms with Crippen LogP contribution in [0.25, 0.3) is 0 Å². The first-order valence-electron chi connectivity index (χ1n) is 5.56. The fourth-order valence-corrected chi connectivity index (χ4v) is 2.07. The Morgan fingerprint density at radius 3 is 2.65 bits per heavy atom. The van der Waals surface area contributed by atoms with Gasteiger partial charge in [-0.05, 0) is 24.3 Å². The molecule has 1 aromatic rings. The van der Waals surface area contributed by atoms with E-state index >= 15 is 0 Å². The Kier molecular flexibility index (Phi) is 5.78. The lowest BCUT2D eigenvalue weighted by Crippen LogP contribution is -2.19. The van der Waals surface area contributed by atoms with Crippen molar-refractivity contribution in [2.45, 2.75) is 24.1 Å². The van der Waals surface area contributed by atoms with Gasteiger partial charge in [-0.2, -0.15) is 0 Å². The van der Waals surface area contributed by atoms with Crippen molar-refractivity contribution >= 4 is 17.6 Å². The maximum atomic E-state index is 11.3. The smallest absolute Gasteiger partial charge is 0.323 e. The molecule has 2 unspecified atom stereocenters. The van der Waals surface area contributed by atoms with Crippen LogP contribution >= 0.6 is 11.6 Å². The van der Waals surface area contributed by atoms with Gasteiger partial charge in [0.05, 0.1) is 7.11 Å². The number of carbonyl (C=O) groups excluding carboxylic acids is 1. The molecule has 0 bridgehead atoms. The molecule has 0 radical (unpaired) electrons. The second-order valence-corrected chi connectivity index (χ2v) is 4.39. The standard InChI is InChI=1S/C14H17ClO2/c1-3-7-12(10-13(15)14(16)17-2)11-8-5-4-6-9-11/h3-6,8-9,12-13H,1,7,10H2,2H3. The van der Waals surface area contributed by atoms with E-state index in [2.05, 4.69) is 11.3 Å². The fourth-order valence-electron chi connectivity index (χ4n) is 1.77. The summed E-state index contributed by atoms with van der Waals surface area (Å²) in [5.41, 5.74) is 1.17. The second kappa shape index (κ2) is 7.13. The Balaban J connectivity index is 2.73. The molecule has 0 saturated heterocycles. The van der Waals surface area contributed by atoms with Crippen molar-refractivity contribution in [3.8, 4) is 0 Å². The summed E-state index contributed by atoms with van der Waals surface area (Å²) in [5, 5.41) is -0.606. The van der Waals surface area contributed by atoms with E-state index in [4.69, 9.17) is 11.6 Å². The van der Waals surface area contributed by atoms with E-state index in [1.165, 1.54) is 12.7 Å². The van der Waals surface area contributed by atoms with Crippen molar-refractivity contribution < 1.29 is 9.53 Å². The van der Waals surface area contributed by atoms with Crippen LogP contribution in [-0.2, 0) is 9.53 Å². The summed E-state index contributed by atoms with van der Waals surface area (Å²) in [5.74, 6) is -0.174. The zero-order valence-electron chi connectivity index (χ0n) is 9.93. The van der Waals surface area contributed by atoms with Crippen LogP contribution in [0.5, 0.6) is 0 Å². The van der Waals surface area contributed by atoms with Gasteiger partial charge in [0.15, 0.2) is 0 Å². The van der Waals surface area contributed by atoms with Crippen molar-refractivity contribution in [3.63, 3.8) is 0 Å². The van der Waals surface area contributed by atoms with E-state index in [9.17, 15) is 4.79 Å². The number of halogens is 1. The summed E-state index contributed by atoms with van der Waals surface area (Å²) in [7, 11) is 1.35. The Bertz CT molecular complexity index is 362. The molecular weight excluding hydrogens is 236 g/mol. The summed E-state index contributed by atoms with van der Waals surface area (Å²) in [6.07, 6.45) is 3.20. The predicted octanol–water partition coefficient (Wildman–Crippen LogP) is 3.52. The molecular formula is C14H17ClO2. The molecule has 2 atom stereocenters. The first-order valence-corrected chi connectivity index (χ1v) is 6.00. The molecule has 17 heavy (non-hydrogen) atoms. The van der Waals surface area contributed by atoms with Crippen molar-refractivity contribution in [2.75, 3.05) is 7.11 Å². The molecule has 3 heteroatoms. The minimum atomic E-state index is -0.606. The number of rotatable bonds is 6. The minimum Gasteiger partial charge on any atom is -0.468 e. The third-order valence-corrected chi connectivity index (χ3v) is 3.03. The largest absolute Gasteiger partial charge is 0.468 e. The summed E-state index contributed by atoms with van der Waals surface area (Å²) in [6, 6.07) is 10.00. The van der Waals surface area contributed by atoms with Gasteiger partial charge >= 0.3 is 5.97 Å². The number of benzene rings is 1. The van der Waals surface area contributed by atoms with Crippen LogP contribution in [-0.4, -0.2) is 18.5 Å². The predicted molar refractivity (Wildman–Crippen MR) is 70.3 cm³/mol. The van der Waals surface area contributed by atoms with Gasteiger partial charge in [0.25, 0.3) is 0 Å². The molecule has 0 heterocycles. The number of hydrogen-bond donors (Lipinski definition) is 0. The normalized spacial score (nSPS) is 13.8. The topological polar surface area (TPSA) is 26.3 Å². The number of allylic oxidation sites excluding steroid dienone is 1. The number of carbonyl (C=O) groups is 1. The first kappa shape index (κ1) is 13.8. The van der Waals surface area contributed by atoms with E-state index in [0.717, 1.165) is 6.42 Å². The fraction of sp³-hybridized carbons (Fsp3) is 0.357. The zero-order valence-corrected chi connectivity index (χ0v) is 10.7. The van der Waals surface area contributed by atoms with Crippen molar-refractivity contribution in [3.05, 3.63) is 48.6 Å². The second-order valence-electron chi connectivity index (χ2n) is 3.86. The maximum Gasteiger partial charge on any atom is 0.323 e. The number of esters is 1. The van der Waals surface area contributed by atoms with Gasteiger partial charge in [-0.15, -0.1) is 18.2 Å². The Morgan fingerprint density at radius 1 is 1.47 bits per heavy atom. The van der Waals surface area contributed by atoms with E-state index < -0.39 is 5.38 Å². The van der Waals surface area contributed by atoms with Crippen LogP contribution in [0.15, 0.2) is 43.0 Å². The molecule has 0 fully saturated rings. The molecule has 0 aliphatic rings. The number of alkyl halides is 1. The van der Waals surface area contributed by atoms with Gasteiger partial charge < -0.3 is 4.74 Å². The summed E-state index contributed by atoms with van der Waals surface area (Å²) in [6.45, 7) is 3.74. The van der Waals surface area contributed by atoms with Crippen molar-refractivity contribution in [1.29, 1.82) is 0 Å². The van der Waals surface area contributed by atoms with Crippen LogP contribution in [0.1, 0.15) is 24.3 Å². The van der Waals surface area contributed by atoms with E-state index in [0.29, 0.717) is 6.42 Å². The molecule has 0 aromatic heterocycles. The lowest BCUT2D eigenvalue weighted by Gasteiger charge is -2.17. The molecule has 1 aromatic carbocycles. The first-order chi connectivity index (χ1) is 8.19. The maximum absolute atomic E-state index is 11.3. The van der Waals surface area contributed by atoms with Crippen LogP contribution < -0.4 is 0 Å². The zero-order chi connectivity index (χ0) is 12.7. The van der Waals surface area contributed by atoms with Gasteiger partial charge in [-0.1, -0.05) is 36.4 Å². The van der Waals surface area contributed by atoms with Crippen molar-refractivity contribution in [1.82, 2.24) is 0 Å². The number of hydrogen-bond acceptors (Lipinski definition) is 2. The molecule has 1 rings (SSSR count). The Labute approximate surface area is 107 Å². The highest BCUT2D eigenvalue weighted by Gasteiger charge is 2.21. The molecule has 2 nitrogen and oxygen atoms in total. The molecule has 0 aliphatic heterocycles. The highest BCUT2D eigenvalue weighted by atomic mass is 35.5. The van der Waals surface area contributed by atoms with Gasteiger partial charge in [-0.25, -0.2) is 0 Å². The average molecular weight is 253 g/mol. The van der Waals surface area contributed by atoms with Crippen molar-refractivity contribution in [2.24, 2.45) is 0 Å². The molecule has 0 aliphatic carbocycles. The summed E-state index contributed by atoms with van der Waals surface area (Å²) < 4.78 is 4.63. The van der Waals surface area contributed by atoms with E-state index in [1.54, 1.807) is 0 Å². The third kappa shape index (κ3) is 4.23. The molecule has 0 spiro atoms. The SMILES string of the molecule is C=CCC(CC(Cl)C(=O)OC)c1ccccc1. The Hall–Kier alpha value is -1.28. The highest BCUT2D eigenvalue weighted by molar-refractivity contribution is 6.29. The average Bonchev–Trinajstić information content (AvgIpc) is 2.38. The minimum absolute atomic E-state index is 0.204. The molecule has 0 saturated carbocycles. The van der Waals surface area contributed by atoms with Gasteiger partial charge in [0, 0.05) is 0 Å². The van der Waals surface area contributed by atoms with Crippen LogP contribution in [0.2, 0.25) is 0 Å². The van der Waals surface area contributed by atoms with Gasteiger partial charge in [0.2, 0.25) is 0 Å². The van der Waals surface area contributed by atoms with Crippen LogP contribution in [0.4, 0.5) is 0 Å². The highest BCUT2D eigenvalue weighted by Crippen LogP contribution is 2.27. The Morgan fingerprint density at radius 2 is 2.12 bits per heavy atom. The molecule has 0 N–H and O–H groups in total. The van der Waals surface area contributed by atoms with Gasteiger partial charge in [0.1, 0.15) is 5.38 Å². The summed E-state index contributed by atoms with van der Waals surface area (Å²) in [4.78, 5) is 11.3. The number of ether oxygens (including phenoxy) is 1. The summed E-state index contributed by atoms with van der Waals surface area (Å²) >= 11 is 6.00. The van der Waals surface area contributed by atoms with Crippen LogP contribution in [0, 0.1) is 0 Å². The van der Waals surface area contributed by atoms with E-state index in [1.807, 2.05) is 36.4 Å². The third-order valence-electron chi connectivity index (χ3n) is 2.67. The molecule has 0 amide bonds. The monoisotopic (exact) mass is 252 g/mol. The van der Waals surface area contributed by atoms with Gasteiger partial charge in [-0.3, -0.25) is 4.79 Å². The number of methoxy groups -OCH3 is 1. The van der Waals surface area contributed by atoms with Crippen LogP contribution in [0.3, 0.4) is 0 Å².